The Morgan fingerprint density at radius 3 is 1.89 bits per heavy atom. The van der Waals surface area contributed by atoms with Crippen molar-refractivity contribution in [2.45, 2.75) is 6.10 Å². The van der Waals surface area contributed by atoms with Crippen molar-refractivity contribution >= 4 is 29.3 Å². The summed E-state index contributed by atoms with van der Waals surface area (Å²) in [6, 6.07) is 30.1. The second-order valence-electron chi connectivity index (χ2n) is 8.26. The van der Waals surface area contributed by atoms with Crippen LogP contribution in [0.5, 0.6) is 5.75 Å². The van der Waals surface area contributed by atoms with Gasteiger partial charge in [-0.25, -0.2) is 9.59 Å². The third-order valence-electron chi connectivity index (χ3n) is 5.70. The van der Waals surface area contributed by atoms with Crippen molar-refractivity contribution in [1.29, 1.82) is 0 Å². The van der Waals surface area contributed by atoms with Crippen LogP contribution in [-0.2, 0) is 4.74 Å². The largest absolute Gasteiger partial charge is 0.480 e. The smallest absolute Gasteiger partial charge is 0.341 e. The topological polar surface area (TPSA) is 106 Å². The van der Waals surface area contributed by atoms with E-state index in [1.54, 1.807) is 36.4 Å². The Morgan fingerprint density at radius 2 is 1.32 bits per heavy atom. The molecule has 192 valence electrons. The first-order valence-electron chi connectivity index (χ1n) is 11.9. The van der Waals surface area contributed by atoms with E-state index in [2.05, 4.69) is 16.0 Å². The van der Waals surface area contributed by atoms with Crippen LogP contribution < -0.4 is 20.7 Å². The second-order valence-corrected chi connectivity index (χ2v) is 8.26. The molecule has 3 N–H and O–H groups in total. The van der Waals surface area contributed by atoms with E-state index in [1.165, 1.54) is 20.2 Å². The van der Waals surface area contributed by atoms with Crippen LogP contribution in [0.2, 0.25) is 0 Å². The monoisotopic (exact) mass is 509 g/mol. The fourth-order valence-electron chi connectivity index (χ4n) is 3.87. The number of rotatable bonds is 8. The van der Waals surface area contributed by atoms with Crippen LogP contribution in [0.4, 0.5) is 16.2 Å². The van der Waals surface area contributed by atoms with E-state index in [0.717, 1.165) is 11.1 Å². The summed E-state index contributed by atoms with van der Waals surface area (Å²) in [5, 5.41) is 7.93. The number of hydrogen-bond donors (Lipinski definition) is 3. The van der Waals surface area contributed by atoms with Crippen molar-refractivity contribution < 1.29 is 23.9 Å². The highest BCUT2D eigenvalue weighted by Crippen LogP contribution is 2.32. The van der Waals surface area contributed by atoms with Gasteiger partial charge in [0.2, 0.25) is 0 Å². The van der Waals surface area contributed by atoms with Crippen molar-refractivity contribution in [3.8, 4) is 5.75 Å². The van der Waals surface area contributed by atoms with Crippen LogP contribution in [0.25, 0.3) is 0 Å². The number of amides is 3. The fraction of sp³-hybridized carbons (Fsp3) is 0.100. The molecule has 0 aliphatic carbocycles. The van der Waals surface area contributed by atoms with Crippen molar-refractivity contribution in [1.82, 2.24) is 5.32 Å². The highest BCUT2D eigenvalue weighted by Gasteiger charge is 2.21. The van der Waals surface area contributed by atoms with E-state index in [0.29, 0.717) is 22.7 Å². The Balaban J connectivity index is 1.57. The van der Waals surface area contributed by atoms with Crippen molar-refractivity contribution in [3.63, 3.8) is 0 Å². The number of benzene rings is 4. The van der Waals surface area contributed by atoms with Gasteiger partial charge in [-0.3, -0.25) is 4.79 Å². The molecule has 8 nitrogen and oxygen atoms in total. The van der Waals surface area contributed by atoms with Crippen LogP contribution in [0, 0.1) is 0 Å². The molecule has 0 bridgehead atoms. The maximum atomic E-state index is 12.7. The number of ether oxygens (including phenoxy) is 2. The summed E-state index contributed by atoms with van der Waals surface area (Å²) in [7, 11) is 2.81. The minimum atomic E-state index is -0.609. The fourth-order valence-corrected chi connectivity index (χ4v) is 3.87. The van der Waals surface area contributed by atoms with Gasteiger partial charge in [0.25, 0.3) is 5.91 Å². The van der Waals surface area contributed by atoms with Gasteiger partial charge in [-0.05, 0) is 47.5 Å². The molecule has 0 atom stereocenters. The molecular formula is C30H27N3O5. The SMILES string of the molecule is CNC(=O)c1cccc(NC(=O)Nc2ccc(OC(c3ccccc3)c3ccccc3)c(C(=O)OC)c2)c1. The van der Waals surface area contributed by atoms with E-state index in [1.807, 2.05) is 60.7 Å². The molecule has 38 heavy (non-hydrogen) atoms. The Kier molecular flexibility index (Phi) is 8.35. The first-order chi connectivity index (χ1) is 18.5. The maximum absolute atomic E-state index is 12.7. The number of anilines is 2. The molecular weight excluding hydrogens is 482 g/mol. The van der Waals surface area contributed by atoms with Crippen LogP contribution in [-0.4, -0.2) is 32.1 Å². The van der Waals surface area contributed by atoms with Gasteiger partial charge >= 0.3 is 12.0 Å². The molecule has 0 saturated heterocycles. The predicted octanol–water partition coefficient (Wildman–Crippen LogP) is 5.65. The van der Waals surface area contributed by atoms with Gasteiger partial charge in [0.1, 0.15) is 17.4 Å². The Hall–Kier alpha value is -5.11. The Labute approximate surface area is 220 Å². The summed E-state index contributed by atoms with van der Waals surface area (Å²) in [5.74, 6) is -0.572. The number of methoxy groups -OCH3 is 1. The molecule has 0 aromatic heterocycles. The van der Waals surface area contributed by atoms with Crippen LogP contribution in [0.15, 0.2) is 103 Å². The number of urea groups is 1. The molecule has 4 rings (SSSR count). The van der Waals surface area contributed by atoms with Gasteiger partial charge in [-0.15, -0.1) is 0 Å². The molecule has 0 aliphatic rings. The predicted molar refractivity (Wildman–Crippen MR) is 146 cm³/mol. The average molecular weight is 510 g/mol. The Morgan fingerprint density at radius 1 is 0.711 bits per heavy atom. The quantitative estimate of drug-likeness (QED) is 0.266. The number of esters is 1. The second kappa shape index (κ2) is 12.2. The standard InChI is InChI=1S/C30H27N3O5/c1-31-28(34)22-14-9-15-23(18-22)32-30(36)33-24-16-17-26(25(19-24)29(35)37-2)38-27(20-10-5-3-6-11-20)21-12-7-4-8-13-21/h3-19,27H,1-2H3,(H,31,34)(H2,32,33,36). The van der Waals surface area contributed by atoms with E-state index in [-0.39, 0.29) is 11.5 Å². The zero-order valence-electron chi connectivity index (χ0n) is 20.9. The molecule has 0 heterocycles. The van der Waals surface area contributed by atoms with Crippen LogP contribution in [0.3, 0.4) is 0 Å². The number of carbonyl (C=O) groups is 3. The highest BCUT2D eigenvalue weighted by molar-refractivity contribution is 6.02. The molecule has 0 spiro atoms. The van der Waals surface area contributed by atoms with Crippen LogP contribution in [0.1, 0.15) is 37.9 Å². The molecule has 4 aromatic carbocycles. The minimum absolute atomic E-state index is 0.156. The van der Waals surface area contributed by atoms with E-state index in [4.69, 9.17) is 9.47 Å². The van der Waals surface area contributed by atoms with E-state index >= 15 is 0 Å². The lowest BCUT2D eigenvalue weighted by Crippen LogP contribution is -2.21. The van der Waals surface area contributed by atoms with Crippen molar-refractivity contribution in [2.75, 3.05) is 24.8 Å². The third kappa shape index (κ3) is 6.36. The average Bonchev–Trinajstić information content (AvgIpc) is 2.96. The van der Waals surface area contributed by atoms with Gasteiger partial charge in [0.15, 0.2) is 0 Å². The molecule has 0 fully saturated rings. The van der Waals surface area contributed by atoms with Gasteiger partial charge in [-0.2, -0.15) is 0 Å². The van der Waals surface area contributed by atoms with E-state index in [9.17, 15) is 14.4 Å². The van der Waals surface area contributed by atoms with Gasteiger partial charge < -0.3 is 25.4 Å². The summed E-state index contributed by atoms with van der Waals surface area (Å²) < 4.78 is 11.4. The molecule has 0 radical (unpaired) electrons. The minimum Gasteiger partial charge on any atom is -0.480 e. The zero-order valence-corrected chi connectivity index (χ0v) is 20.9. The van der Waals surface area contributed by atoms with Crippen molar-refractivity contribution in [3.05, 3.63) is 125 Å². The first kappa shape index (κ1) is 26.0. The summed E-state index contributed by atoms with van der Waals surface area (Å²) in [6.45, 7) is 0. The van der Waals surface area contributed by atoms with E-state index < -0.39 is 18.1 Å². The lowest BCUT2D eigenvalue weighted by molar-refractivity contribution is 0.0594. The Bertz CT molecular complexity index is 1390. The molecule has 0 aliphatic heterocycles. The number of nitrogens with one attached hydrogen (secondary N) is 3. The lowest BCUT2D eigenvalue weighted by atomic mass is 10.0. The molecule has 0 unspecified atom stereocenters. The first-order valence-corrected chi connectivity index (χ1v) is 11.9. The summed E-state index contributed by atoms with van der Waals surface area (Å²) in [5.41, 5.74) is 3.18. The zero-order chi connectivity index (χ0) is 26.9. The normalized spacial score (nSPS) is 10.4. The molecule has 8 heteroatoms. The molecule has 3 amide bonds. The summed E-state index contributed by atoms with van der Waals surface area (Å²) in [4.78, 5) is 37.2. The highest BCUT2D eigenvalue weighted by atomic mass is 16.5. The molecule has 0 saturated carbocycles. The summed E-state index contributed by atoms with van der Waals surface area (Å²) in [6.07, 6.45) is -0.476. The van der Waals surface area contributed by atoms with Gasteiger partial charge in [0, 0.05) is 24.0 Å². The lowest BCUT2D eigenvalue weighted by Gasteiger charge is -2.22. The molecule has 4 aromatic rings. The van der Waals surface area contributed by atoms with Crippen LogP contribution >= 0.6 is 0 Å². The third-order valence-corrected chi connectivity index (χ3v) is 5.70. The summed E-state index contributed by atoms with van der Waals surface area (Å²) >= 11 is 0. The number of carbonyl (C=O) groups excluding carboxylic acids is 3. The van der Waals surface area contributed by atoms with Gasteiger partial charge in [-0.1, -0.05) is 66.7 Å². The maximum Gasteiger partial charge on any atom is 0.341 e. The van der Waals surface area contributed by atoms with Crippen molar-refractivity contribution in [2.24, 2.45) is 0 Å². The number of hydrogen-bond acceptors (Lipinski definition) is 5. The van der Waals surface area contributed by atoms with Gasteiger partial charge in [0.05, 0.1) is 7.11 Å².